The SMILES string of the molecule is CC(=C1C2C=CC1C1C(=O)N(c3ccc(F)cc3)C(=O)C21)c1ccccc1. The summed E-state index contributed by atoms with van der Waals surface area (Å²) in [5.41, 5.74) is 3.92. The van der Waals surface area contributed by atoms with E-state index >= 15 is 0 Å². The van der Waals surface area contributed by atoms with Crippen LogP contribution in [0.3, 0.4) is 0 Å². The first-order chi connectivity index (χ1) is 13.1. The summed E-state index contributed by atoms with van der Waals surface area (Å²) in [4.78, 5) is 27.5. The molecule has 1 heterocycles. The van der Waals surface area contributed by atoms with Crippen molar-refractivity contribution in [2.24, 2.45) is 23.7 Å². The molecule has 1 saturated heterocycles. The Morgan fingerprint density at radius 3 is 1.96 bits per heavy atom. The second kappa shape index (κ2) is 5.74. The largest absolute Gasteiger partial charge is 0.274 e. The number of amides is 2. The van der Waals surface area contributed by atoms with Crippen LogP contribution >= 0.6 is 0 Å². The van der Waals surface area contributed by atoms with Crippen molar-refractivity contribution in [3.05, 3.63) is 83.7 Å². The molecule has 134 valence electrons. The maximum atomic E-state index is 13.2. The first-order valence-electron chi connectivity index (χ1n) is 9.15. The van der Waals surface area contributed by atoms with Crippen LogP contribution in [0, 0.1) is 29.5 Å². The molecule has 2 aromatic carbocycles. The Balaban J connectivity index is 1.55. The zero-order valence-electron chi connectivity index (χ0n) is 14.8. The molecular weight excluding hydrogens is 341 g/mol. The third-order valence-corrected chi connectivity index (χ3v) is 6.14. The van der Waals surface area contributed by atoms with E-state index in [1.807, 2.05) is 18.2 Å². The fourth-order valence-corrected chi connectivity index (χ4v) is 4.96. The fraction of sp³-hybridized carbons (Fsp3) is 0.217. The summed E-state index contributed by atoms with van der Waals surface area (Å²) in [7, 11) is 0. The molecule has 2 aliphatic carbocycles. The van der Waals surface area contributed by atoms with Crippen molar-refractivity contribution in [1.29, 1.82) is 0 Å². The summed E-state index contributed by atoms with van der Waals surface area (Å²) in [6.07, 6.45) is 4.15. The number of carbonyl (C=O) groups is 2. The van der Waals surface area contributed by atoms with Gasteiger partial charge in [0, 0.05) is 11.8 Å². The summed E-state index contributed by atoms with van der Waals surface area (Å²) in [5.74, 6) is -1.52. The van der Waals surface area contributed by atoms with E-state index < -0.39 is 0 Å². The van der Waals surface area contributed by atoms with E-state index in [0.717, 1.165) is 11.1 Å². The number of fused-ring (bicyclic) bond motifs is 5. The van der Waals surface area contributed by atoms with Gasteiger partial charge in [0.25, 0.3) is 0 Å². The fourth-order valence-electron chi connectivity index (χ4n) is 4.96. The van der Waals surface area contributed by atoms with Gasteiger partial charge in [-0.25, -0.2) is 9.29 Å². The minimum absolute atomic E-state index is 0.0397. The molecule has 2 fully saturated rings. The second-order valence-electron chi connectivity index (χ2n) is 7.42. The van der Waals surface area contributed by atoms with E-state index in [-0.39, 0.29) is 41.3 Å². The number of anilines is 1. The van der Waals surface area contributed by atoms with Crippen LogP contribution in [0.15, 0.2) is 72.3 Å². The highest BCUT2D eigenvalue weighted by atomic mass is 19.1. The van der Waals surface area contributed by atoms with Gasteiger partial charge in [-0.05, 0) is 42.3 Å². The molecular formula is C23H18FNO2. The molecule has 27 heavy (non-hydrogen) atoms. The molecule has 5 rings (SSSR count). The second-order valence-corrected chi connectivity index (χ2v) is 7.42. The molecule has 1 saturated carbocycles. The number of hydrogen-bond donors (Lipinski definition) is 0. The summed E-state index contributed by atoms with van der Waals surface area (Å²) >= 11 is 0. The molecule has 3 aliphatic rings. The topological polar surface area (TPSA) is 37.4 Å². The minimum Gasteiger partial charge on any atom is -0.274 e. The summed E-state index contributed by atoms with van der Waals surface area (Å²) in [5, 5.41) is 0. The normalized spacial score (nSPS) is 28.2. The monoisotopic (exact) mass is 359 g/mol. The molecule has 2 amide bonds. The Morgan fingerprint density at radius 2 is 1.41 bits per heavy atom. The van der Waals surface area contributed by atoms with Crippen molar-refractivity contribution < 1.29 is 14.0 Å². The molecule has 4 unspecified atom stereocenters. The first kappa shape index (κ1) is 16.2. The zero-order chi connectivity index (χ0) is 18.7. The van der Waals surface area contributed by atoms with Crippen molar-refractivity contribution in [2.45, 2.75) is 6.92 Å². The van der Waals surface area contributed by atoms with Crippen LogP contribution < -0.4 is 4.90 Å². The van der Waals surface area contributed by atoms with Crippen molar-refractivity contribution >= 4 is 23.1 Å². The van der Waals surface area contributed by atoms with E-state index in [0.29, 0.717) is 5.69 Å². The lowest BCUT2D eigenvalue weighted by Crippen LogP contribution is -2.33. The third kappa shape index (κ3) is 2.19. The lowest BCUT2D eigenvalue weighted by molar-refractivity contribution is -0.122. The predicted octanol–water partition coefficient (Wildman–Crippen LogP) is 4.22. The van der Waals surface area contributed by atoms with Crippen LogP contribution in [0.25, 0.3) is 5.57 Å². The van der Waals surface area contributed by atoms with Gasteiger partial charge in [-0.3, -0.25) is 9.59 Å². The highest BCUT2D eigenvalue weighted by molar-refractivity contribution is 6.23. The first-order valence-corrected chi connectivity index (χ1v) is 9.15. The molecule has 0 spiro atoms. The van der Waals surface area contributed by atoms with Crippen molar-refractivity contribution in [3.63, 3.8) is 0 Å². The number of nitrogens with zero attached hydrogens (tertiary/aromatic N) is 1. The molecule has 0 radical (unpaired) electrons. The van der Waals surface area contributed by atoms with Crippen LogP contribution in [0.4, 0.5) is 10.1 Å². The number of benzene rings is 2. The molecule has 2 bridgehead atoms. The summed E-state index contributed by atoms with van der Waals surface area (Å²) in [6, 6.07) is 15.6. The number of rotatable bonds is 2. The molecule has 4 heteroatoms. The minimum atomic E-state index is -0.386. The van der Waals surface area contributed by atoms with Gasteiger partial charge in [0.1, 0.15) is 5.82 Å². The Bertz CT molecular complexity index is 972. The van der Waals surface area contributed by atoms with Crippen LogP contribution in [0.2, 0.25) is 0 Å². The Kier molecular flexibility index (Phi) is 3.44. The molecule has 1 aliphatic heterocycles. The third-order valence-electron chi connectivity index (χ3n) is 6.14. The highest BCUT2D eigenvalue weighted by Gasteiger charge is 2.62. The van der Waals surface area contributed by atoms with Crippen molar-refractivity contribution in [3.8, 4) is 0 Å². The van der Waals surface area contributed by atoms with Crippen molar-refractivity contribution in [2.75, 3.05) is 4.90 Å². The lowest BCUT2D eigenvalue weighted by Gasteiger charge is -2.20. The molecule has 3 nitrogen and oxygen atoms in total. The van der Waals surface area contributed by atoms with Gasteiger partial charge in [0.15, 0.2) is 0 Å². The van der Waals surface area contributed by atoms with Gasteiger partial charge in [-0.2, -0.15) is 0 Å². The van der Waals surface area contributed by atoms with Gasteiger partial charge >= 0.3 is 0 Å². The van der Waals surface area contributed by atoms with Gasteiger partial charge < -0.3 is 0 Å². The zero-order valence-corrected chi connectivity index (χ0v) is 14.8. The molecule has 2 aromatic rings. The van der Waals surface area contributed by atoms with Gasteiger partial charge in [0.2, 0.25) is 11.8 Å². The Morgan fingerprint density at radius 1 is 0.852 bits per heavy atom. The number of carbonyl (C=O) groups excluding carboxylic acids is 2. The Labute approximate surface area is 156 Å². The number of allylic oxidation sites excluding steroid dienone is 4. The smallest absolute Gasteiger partial charge is 0.238 e. The van der Waals surface area contributed by atoms with Crippen molar-refractivity contribution in [1.82, 2.24) is 0 Å². The average molecular weight is 359 g/mol. The number of imide groups is 1. The van der Waals surface area contributed by atoms with Crippen LogP contribution in [-0.4, -0.2) is 11.8 Å². The number of hydrogen-bond acceptors (Lipinski definition) is 2. The van der Waals surface area contributed by atoms with Crippen LogP contribution in [0.1, 0.15) is 12.5 Å². The van der Waals surface area contributed by atoms with Gasteiger partial charge in [-0.15, -0.1) is 0 Å². The molecule has 0 N–H and O–H groups in total. The quantitative estimate of drug-likeness (QED) is 0.595. The maximum Gasteiger partial charge on any atom is 0.238 e. The predicted molar refractivity (Wildman–Crippen MR) is 101 cm³/mol. The van der Waals surface area contributed by atoms with Crippen LogP contribution in [0.5, 0.6) is 0 Å². The number of halogens is 1. The van der Waals surface area contributed by atoms with Gasteiger partial charge in [0.05, 0.1) is 17.5 Å². The average Bonchev–Trinajstić information content (AvgIpc) is 3.33. The van der Waals surface area contributed by atoms with E-state index in [1.165, 1.54) is 34.7 Å². The van der Waals surface area contributed by atoms with Gasteiger partial charge in [-0.1, -0.05) is 48.1 Å². The standard InChI is InChI=1S/C23H18FNO2/c1-13(14-5-3-2-4-6-14)19-17-11-12-18(19)21-20(17)22(26)25(23(21)27)16-9-7-15(24)8-10-16/h2-12,17-18,20-21H,1H3. The van der Waals surface area contributed by atoms with E-state index in [1.54, 1.807) is 0 Å². The molecule has 4 atom stereocenters. The van der Waals surface area contributed by atoms with E-state index in [4.69, 9.17) is 0 Å². The van der Waals surface area contributed by atoms with E-state index in [9.17, 15) is 14.0 Å². The Hall–Kier alpha value is -3.01. The lowest BCUT2D eigenvalue weighted by atomic mass is 9.85. The van der Waals surface area contributed by atoms with E-state index in [2.05, 4.69) is 31.2 Å². The molecule has 0 aromatic heterocycles. The highest BCUT2D eigenvalue weighted by Crippen LogP contribution is 2.58. The maximum absolute atomic E-state index is 13.2. The summed E-state index contributed by atoms with van der Waals surface area (Å²) < 4.78 is 13.2. The summed E-state index contributed by atoms with van der Waals surface area (Å²) in [6.45, 7) is 2.07. The van der Waals surface area contributed by atoms with Crippen LogP contribution in [-0.2, 0) is 9.59 Å².